The lowest BCUT2D eigenvalue weighted by molar-refractivity contribution is -0.137. The van der Waals surface area contributed by atoms with Gasteiger partial charge in [0.2, 0.25) is 5.88 Å². The summed E-state index contributed by atoms with van der Waals surface area (Å²) >= 11 is 0. The third-order valence-corrected chi connectivity index (χ3v) is 4.17. The highest BCUT2D eigenvalue weighted by atomic mass is 19.4. The minimum atomic E-state index is -4.45. The molecule has 0 fully saturated rings. The van der Waals surface area contributed by atoms with E-state index in [-0.39, 0.29) is 12.2 Å². The number of benzene rings is 1. The monoisotopic (exact) mass is 421 g/mol. The van der Waals surface area contributed by atoms with Gasteiger partial charge in [-0.2, -0.15) is 13.2 Å². The number of imidazole rings is 1. The number of rotatable bonds is 4. The summed E-state index contributed by atoms with van der Waals surface area (Å²) in [6, 6.07) is 9.06. The number of carbonyl (C=O) groups excluding carboxylic acids is 1. The molecule has 1 aromatic carbocycles. The van der Waals surface area contributed by atoms with Gasteiger partial charge in [0, 0.05) is 18.3 Å². The maximum Gasteiger partial charge on any atom is 0.416 e. The maximum atomic E-state index is 13.0. The number of nitrogens with one attached hydrogen (secondary N) is 1. The van der Waals surface area contributed by atoms with Crippen molar-refractivity contribution in [2.45, 2.75) is 39.1 Å². The van der Waals surface area contributed by atoms with Gasteiger partial charge in [0.05, 0.1) is 12.7 Å². The highest BCUT2D eigenvalue weighted by Crippen LogP contribution is 2.34. The van der Waals surface area contributed by atoms with Crippen LogP contribution in [0.1, 0.15) is 31.9 Å². The highest BCUT2D eigenvalue weighted by Gasteiger charge is 2.31. The number of ether oxygens (including phenoxy) is 2. The van der Waals surface area contributed by atoms with Crippen LogP contribution >= 0.6 is 0 Å². The number of halogens is 3. The fourth-order valence-electron chi connectivity index (χ4n) is 2.85. The second kappa shape index (κ2) is 7.89. The van der Waals surface area contributed by atoms with E-state index in [1.54, 1.807) is 45.0 Å². The highest BCUT2D eigenvalue weighted by molar-refractivity contribution is 5.70. The van der Waals surface area contributed by atoms with Crippen molar-refractivity contribution in [3.05, 3.63) is 53.7 Å². The SMILES string of the molecule is COc1c(-c2ccc(CNC(=O)OC(C)(C)C)cc2)nc2cc(C(F)(F)F)ccn12. The van der Waals surface area contributed by atoms with Gasteiger partial charge >= 0.3 is 12.3 Å². The zero-order valence-electron chi connectivity index (χ0n) is 17.0. The van der Waals surface area contributed by atoms with Crippen LogP contribution in [0, 0.1) is 0 Å². The summed E-state index contributed by atoms with van der Waals surface area (Å²) in [4.78, 5) is 16.1. The third kappa shape index (κ3) is 4.84. The van der Waals surface area contributed by atoms with E-state index in [4.69, 9.17) is 9.47 Å². The van der Waals surface area contributed by atoms with Crippen LogP contribution in [0.25, 0.3) is 16.9 Å². The summed E-state index contributed by atoms with van der Waals surface area (Å²) in [6.45, 7) is 5.61. The fourth-order valence-corrected chi connectivity index (χ4v) is 2.85. The van der Waals surface area contributed by atoms with Crippen molar-refractivity contribution >= 4 is 11.7 Å². The molecule has 9 heteroatoms. The van der Waals surface area contributed by atoms with Crippen molar-refractivity contribution in [1.82, 2.24) is 14.7 Å². The van der Waals surface area contributed by atoms with Crippen LogP contribution in [0.4, 0.5) is 18.0 Å². The number of fused-ring (bicyclic) bond motifs is 1. The lowest BCUT2D eigenvalue weighted by Gasteiger charge is -2.19. The number of pyridine rings is 1. The van der Waals surface area contributed by atoms with Crippen molar-refractivity contribution in [1.29, 1.82) is 0 Å². The molecular weight excluding hydrogens is 399 g/mol. The Morgan fingerprint density at radius 2 is 1.80 bits per heavy atom. The van der Waals surface area contributed by atoms with Crippen LogP contribution in [0.15, 0.2) is 42.6 Å². The molecule has 1 N–H and O–H groups in total. The zero-order valence-corrected chi connectivity index (χ0v) is 17.0. The molecule has 160 valence electrons. The molecule has 0 bridgehead atoms. The number of carbonyl (C=O) groups is 1. The number of alkyl halides is 3. The van der Waals surface area contributed by atoms with Crippen LogP contribution in [-0.4, -0.2) is 28.2 Å². The largest absolute Gasteiger partial charge is 0.480 e. The van der Waals surface area contributed by atoms with Crippen LogP contribution in [0.3, 0.4) is 0 Å². The molecule has 3 aromatic rings. The van der Waals surface area contributed by atoms with Gasteiger partial charge in [-0.3, -0.25) is 4.40 Å². The molecule has 3 rings (SSSR count). The van der Waals surface area contributed by atoms with E-state index in [9.17, 15) is 18.0 Å². The Hall–Kier alpha value is -3.23. The van der Waals surface area contributed by atoms with Gasteiger partial charge in [0.15, 0.2) is 0 Å². The molecule has 0 aliphatic rings. The first-order valence-corrected chi connectivity index (χ1v) is 9.17. The molecule has 0 saturated carbocycles. The number of hydrogen-bond acceptors (Lipinski definition) is 4. The molecule has 6 nitrogen and oxygen atoms in total. The summed E-state index contributed by atoms with van der Waals surface area (Å²) in [6.07, 6.45) is -3.69. The molecule has 2 heterocycles. The van der Waals surface area contributed by atoms with Gasteiger partial charge in [-0.05, 0) is 38.5 Å². The first-order chi connectivity index (χ1) is 14.0. The van der Waals surface area contributed by atoms with E-state index in [1.165, 1.54) is 17.7 Å². The summed E-state index contributed by atoms with van der Waals surface area (Å²) in [5, 5.41) is 2.67. The zero-order chi connectivity index (χ0) is 22.1. The molecule has 30 heavy (non-hydrogen) atoms. The summed E-state index contributed by atoms with van der Waals surface area (Å²) < 4.78 is 51.0. The molecule has 0 saturated heterocycles. The first kappa shape index (κ1) is 21.5. The fraction of sp³-hybridized carbons (Fsp3) is 0.333. The van der Waals surface area contributed by atoms with E-state index < -0.39 is 23.4 Å². The van der Waals surface area contributed by atoms with Crippen molar-refractivity contribution in [3.63, 3.8) is 0 Å². The Bertz CT molecular complexity index is 1050. The van der Waals surface area contributed by atoms with Crippen molar-refractivity contribution in [3.8, 4) is 17.1 Å². The van der Waals surface area contributed by atoms with Crippen LogP contribution in [0.5, 0.6) is 5.88 Å². The average Bonchev–Trinajstić information content (AvgIpc) is 3.02. The second-order valence-corrected chi connectivity index (χ2v) is 7.66. The number of aromatic nitrogens is 2. The van der Waals surface area contributed by atoms with Gasteiger partial charge in [-0.15, -0.1) is 0 Å². The predicted molar refractivity (Wildman–Crippen MR) is 105 cm³/mol. The lowest BCUT2D eigenvalue weighted by Crippen LogP contribution is -2.32. The molecule has 0 aliphatic heterocycles. The van der Waals surface area contributed by atoms with E-state index >= 15 is 0 Å². The summed E-state index contributed by atoms with van der Waals surface area (Å²) in [7, 11) is 1.43. The normalized spacial score (nSPS) is 12.1. The van der Waals surface area contributed by atoms with Gasteiger partial charge in [0.1, 0.15) is 16.9 Å². The number of methoxy groups -OCH3 is 1. The predicted octanol–water partition coefficient (Wildman–Crippen LogP) is 5.05. The standard InChI is InChI=1S/C21H22F3N3O3/c1-20(2,3)30-19(28)25-12-13-5-7-14(8-6-13)17-18(29-4)27-10-9-15(21(22,23)24)11-16(27)26-17/h5-11H,12H2,1-4H3,(H,25,28). The Balaban J connectivity index is 1.82. The third-order valence-electron chi connectivity index (χ3n) is 4.17. The quantitative estimate of drug-likeness (QED) is 0.640. The van der Waals surface area contributed by atoms with Crippen molar-refractivity contribution in [2.24, 2.45) is 0 Å². The Kier molecular flexibility index (Phi) is 5.65. The van der Waals surface area contributed by atoms with E-state index in [0.29, 0.717) is 17.1 Å². The van der Waals surface area contributed by atoms with Crippen LogP contribution in [0.2, 0.25) is 0 Å². The summed E-state index contributed by atoms with van der Waals surface area (Å²) in [5.74, 6) is 0.332. The molecule has 0 spiro atoms. The molecule has 0 aliphatic carbocycles. The molecule has 0 atom stereocenters. The van der Waals surface area contributed by atoms with Gasteiger partial charge in [-0.25, -0.2) is 9.78 Å². The molecule has 2 aromatic heterocycles. The number of nitrogens with zero attached hydrogens (tertiary/aromatic N) is 2. The van der Waals surface area contributed by atoms with E-state index in [1.807, 2.05) is 0 Å². The number of amides is 1. The molecule has 0 radical (unpaired) electrons. The second-order valence-electron chi connectivity index (χ2n) is 7.66. The van der Waals surface area contributed by atoms with Crippen molar-refractivity contribution < 1.29 is 27.4 Å². The van der Waals surface area contributed by atoms with Crippen LogP contribution < -0.4 is 10.1 Å². The Labute approximate surface area is 171 Å². The lowest BCUT2D eigenvalue weighted by atomic mass is 10.1. The number of hydrogen-bond donors (Lipinski definition) is 1. The van der Waals surface area contributed by atoms with E-state index in [0.717, 1.165) is 17.7 Å². The van der Waals surface area contributed by atoms with Crippen LogP contribution in [-0.2, 0) is 17.5 Å². The van der Waals surface area contributed by atoms with Gasteiger partial charge in [-0.1, -0.05) is 24.3 Å². The Morgan fingerprint density at radius 3 is 2.37 bits per heavy atom. The maximum absolute atomic E-state index is 13.0. The smallest absolute Gasteiger partial charge is 0.416 e. The Morgan fingerprint density at radius 1 is 1.13 bits per heavy atom. The van der Waals surface area contributed by atoms with E-state index in [2.05, 4.69) is 10.3 Å². The number of alkyl carbamates (subject to hydrolysis) is 1. The topological polar surface area (TPSA) is 64.9 Å². The summed E-state index contributed by atoms with van der Waals surface area (Å²) in [5.41, 5.74) is 0.685. The minimum Gasteiger partial charge on any atom is -0.480 e. The average molecular weight is 421 g/mol. The van der Waals surface area contributed by atoms with Crippen molar-refractivity contribution in [2.75, 3.05) is 7.11 Å². The van der Waals surface area contributed by atoms with Gasteiger partial charge in [0.25, 0.3) is 0 Å². The molecular formula is C21H22F3N3O3. The van der Waals surface area contributed by atoms with Gasteiger partial charge < -0.3 is 14.8 Å². The minimum absolute atomic E-state index is 0.132. The molecule has 1 amide bonds. The molecule has 0 unspecified atom stereocenters. The first-order valence-electron chi connectivity index (χ1n) is 9.17.